The number of hydrogen-bond acceptors (Lipinski definition) is 3. The molecule has 0 heterocycles. The summed E-state index contributed by atoms with van der Waals surface area (Å²) >= 11 is 0. The molecule has 0 aliphatic carbocycles. The van der Waals surface area contributed by atoms with Crippen LogP contribution < -0.4 is 0 Å². The number of rotatable bonds is 3. The maximum atomic E-state index is 11.0. The van der Waals surface area contributed by atoms with Crippen LogP contribution in [0.5, 0.6) is 0 Å². The Hall–Kier alpha value is -1.64. The van der Waals surface area contributed by atoms with E-state index in [1.54, 1.807) is 13.1 Å². The molecule has 14 heavy (non-hydrogen) atoms. The van der Waals surface area contributed by atoms with Gasteiger partial charge in [0.25, 0.3) is 0 Å². The predicted molar refractivity (Wildman–Crippen MR) is 55.5 cm³/mol. The van der Waals surface area contributed by atoms with Crippen LogP contribution in [0.15, 0.2) is 35.3 Å². The molecule has 0 spiro atoms. The average Bonchev–Trinajstić information content (AvgIpc) is 2.26. The first-order chi connectivity index (χ1) is 6.74. The van der Waals surface area contributed by atoms with E-state index in [0.29, 0.717) is 0 Å². The van der Waals surface area contributed by atoms with Gasteiger partial charge in [0.05, 0.1) is 7.11 Å². The van der Waals surface area contributed by atoms with Crippen molar-refractivity contribution in [2.75, 3.05) is 7.11 Å². The average molecular weight is 191 g/mol. The molecule has 1 rings (SSSR count). The minimum atomic E-state index is -0.444. The Bertz CT molecular complexity index is 319. The van der Waals surface area contributed by atoms with E-state index in [0.717, 1.165) is 5.56 Å². The van der Waals surface area contributed by atoms with Crippen molar-refractivity contribution in [2.45, 2.75) is 13.0 Å². The van der Waals surface area contributed by atoms with Crippen LogP contribution in [0.1, 0.15) is 12.5 Å². The summed E-state index contributed by atoms with van der Waals surface area (Å²) < 4.78 is 4.55. The monoisotopic (exact) mass is 191 g/mol. The standard InChI is InChI=1S/C11H13NO2/c1-9(11(13)14-2)12-8-10-6-4-3-5-7-10/h3-9H,1-2H3/t9-/m1/s1. The summed E-state index contributed by atoms with van der Waals surface area (Å²) in [5.41, 5.74) is 0.975. The zero-order valence-electron chi connectivity index (χ0n) is 8.31. The zero-order valence-corrected chi connectivity index (χ0v) is 8.31. The zero-order chi connectivity index (χ0) is 10.4. The second kappa shape index (κ2) is 5.17. The first kappa shape index (κ1) is 10.4. The van der Waals surface area contributed by atoms with Crippen molar-refractivity contribution in [3.8, 4) is 0 Å². The molecule has 0 saturated carbocycles. The van der Waals surface area contributed by atoms with Crippen molar-refractivity contribution in [1.82, 2.24) is 0 Å². The molecule has 0 unspecified atom stereocenters. The molecular formula is C11H13NO2. The topological polar surface area (TPSA) is 38.7 Å². The van der Waals surface area contributed by atoms with Gasteiger partial charge in [-0.25, -0.2) is 4.79 Å². The lowest BCUT2D eigenvalue weighted by Crippen LogP contribution is -2.16. The number of nitrogens with zero attached hydrogens (tertiary/aromatic N) is 1. The first-order valence-corrected chi connectivity index (χ1v) is 4.40. The van der Waals surface area contributed by atoms with Crippen molar-refractivity contribution in [2.24, 2.45) is 4.99 Å². The van der Waals surface area contributed by atoms with Gasteiger partial charge in [-0.1, -0.05) is 30.3 Å². The van der Waals surface area contributed by atoms with E-state index in [9.17, 15) is 4.79 Å². The van der Waals surface area contributed by atoms with Crippen molar-refractivity contribution in [3.05, 3.63) is 35.9 Å². The van der Waals surface area contributed by atoms with Gasteiger partial charge in [0, 0.05) is 6.21 Å². The Morgan fingerprint density at radius 3 is 2.64 bits per heavy atom. The number of aliphatic imine (C=N–C) groups is 1. The van der Waals surface area contributed by atoms with Gasteiger partial charge in [-0.2, -0.15) is 0 Å². The largest absolute Gasteiger partial charge is 0.467 e. The normalized spacial score (nSPS) is 12.7. The number of carbonyl (C=O) groups excluding carboxylic acids is 1. The molecule has 0 fully saturated rings. The number of carbonyl (C=O) groups is 1. The lowest BCUT2D eigenvalue weighted by molar-refractivity contribution is -0.141. The van der Waals surface area contributed by atoms with Crippen LogP contribution >= 0.6 is 0 Å². The van der Waals surface area contributed by atoms with Crippen LogP contribution in [0.4, 0.5) is 0 Å². The molecule has 0 amide bonds. The van der Waals surface area contributed by atoms with Gasteiger partial charge < -0.3 is 4.74 Å². The van der Waals surface area contributed by atoms with E-state index in [1.807, 2.05) is 30.3 Å². The highest BCUT2D eigenvalue weighted by molar-refractivity contribution is 5.83. The molecule has 0 aromatic heterocycles. The van der Waals surface area contributed by atoms with E-state index in [1.165, 1.54) is 7.11 Å². The fraction of sp³-hybridized carbons (Fsp3) is 0.273. The number of ether oxygens (including phenoxy) is 1. The lowest BCUT2D eigenvalue weighted by atomic mass is 10.2. The molecule has 3 heteroatoms. The third-order valence-corrected chi connectivity index (χ3v) is 1.79. The van der Waals surface area contributed by atoms with E-state index < -0.39 is 6.04 Å². The number of benzene rings is 1. The Labute approximate surface area is 83.4 Å². The Balaban J connectivity index is 2.60. The molecule has 0 bridgehead atoms. The highest BCUT2D eigenvalue weighted by Crippen LogP contribution is 1.97. The summed E-state index contributed by atoms with van der Waals surface area (Å²) in [7, 11) is 1.36. The van der Waals surface area contributed by atoms with Gasteiger partial charge in [-0.3, -0.25) is 4.99 Å². The summed E-state index contributed by atoms with van der Waals surface area (Å²) in [6.07, 6.45) is 1.67. The number of hydrogen-bond donors (Lipinski definition) is 0. The Morgan fingerprint density at radius 1 is 1.43 bits per heavy atom. The highest BCUT2D eigenvalue weighted by Gasteiger charge is 2.09. The molecule has 0 aliphatic heterocycles. The molecule has 1 aromatic carbocycles. The number of methoxy groups -OCH3 is 1. The van der Waals surface area contributed by atoms with Crippen molar-refractivity contribution < 1.29 is 9.53 Å². The van der Waals surface area contributed by atoms with Gasteiger partial charge in [0.2, 0.25) is 0 Å². The molecular weight excluding hydrogens is 178 g/mol. The van der Waals surface area contributed by atoms with Gasteiger partial charge in [-0.15, -0.1) is 0 Å². The van der Waals surface area contributed by atoms with Crippen LogP contribution in [0.3, 0.4) is 0 Å². The molecule has 3 nitrogen and oxygen atoms in total. The summed E-state index contributed by atoms with van der Waals surface area (Å²) in [5.74, 6) is -0.322. The van der Waals surface area contributed by atoms with Crippen molar-refractivity contribution in [1.29, 1.82) is 0 Å². The van der Waals surface area contributed by atoms with Crippen LogP contribution in [-0.4, -0.2) is 25.3 Å². The third kappa shape index (κ3) is 3.01. The fourth-order valence-electron chi connectivity index (χ4n) is 0.968. The Morgan fingerprint density at radius 2 is 2.07 bits per heavy atom. The first-order valence-electron chi connectivity index (χ1n) is 4.40. The summed E-state index contributed by atoms with van der Waals surface area (Å²) in [5, 5.41) is 0. The molecule has 1 aromatic rings. The second-order valence-corrected chi connectivity index (χ2v) is 2.89. The minimum Gasteiger partial charge on any atom is -0.467 e. The number of esters is 1. The van der Waals surface area contributed by atoms with Gasteiger partial charge in [0.1, 0.15) is 6.04 Å². The van der Waals surface area contributed by atoms with Gasteiger partial charge in [0.15, 0.2) is 0 Å². The second-order valence-electron chi connectivity index (χ2n) is 2.89. The summed E-state index contributed by atoms with van der Waals surface area (Å²) in [6.45, 7) is 1.70. The summed E-state index contributed by atoms with van der Waals surface area (Å²) in [6, 6.07) is 9.18. The van der Waals surface area contributed by atoms with E-state index in [4.69, 9.17) is 0 Å². The van der Waals surface area contributed by atoms with Crippen LogP contribution in [-0.2, 0) is 9.53 Å². The van der Waals surface area contributed by atoms with Crippen molar-refractivity contribution >= 4 is 12.2 Å². The van der Waals surface area contributed by atoms with E-state index >= 15 is 0 Å². The Kier molecular flexibility index (Phi) is 3.85. The molecule has 74 valence electrons. The smallest absolute Gasteiger partial charge is 0.330 e. The van der Waals surface area contributed by atoms with Gasteiger partial charge in [-0.05, 0) is 12.5 Å². The fourth-order valence-corrected chi connectivity index (χ4v) is 0.968. The molecule has 0 aliphatic rings. The SMILES string of the molecule is COC(=O)[C@@H](C)N=Cc1ccccc1. The third-order valence-electron chi connectivity index (χ3n) is 1.79. The minimum absolute atomic E-state index is 0.322. The lowest BCUT2D eigenvalue weighted by Gasteiger charge is -2.02. The van der Waals surface area contributed by atoms with Crippen molar-refractivity contribution in [3.63, 3.8) is 0 Å². The van der Waals surface area contributed by atoms with E-state index in [-0.39, 0.29) is 5.97 Å². The van der Waals surface area contributed by atoms with Crippen LogP contribution in [0.2, 0.25) is 0 Å². The molecule has 1 atom stereocenters. The van der Waals surface area contributed by atoms with E-state index in [2.05, 4.69) is 9.73 Å². The maximum Gasteiger partial charge on any atom is 0.330 e. The maximum absolute atomic E-state index is 11.0. The quantitative estimate of drug-likeness (QED) is 0.538. The molecule has 0 N–H and O–H groups in total. The van der Waals surface area contributed by atoms with Crippen LogP contribution in [0, 0.1) is 0 Å². The summed E-state index contributed by atoms with van der Waals surface area (Å²) in [4.78, 5) is 15.1. The molecule has 0 radical (unpaired) electrons. The predicted octanol–water partition coefficient (Wildman–Crippen LogP) is 1.67. The highest BCUT2D eigenvalue weighted by atomic mass is 16.5. The molecule has 0 saturated heterocycles. The van der Waals surface area contributed by atoms with Gasteiger partial charge >= 0.3 is 5.97 Å². The van der Waals surface area contributed by atoms with Crippen LogP contribution in [0.25, 0.3) is 0 Å².